The number of pyridine rings is 1. The molecule has 5 nitrogen and oxygen atoms in total. The average molecular weight is 314 g/mol. The first-order valence-corrected chi connectivity index (χ1v) is 8.77. The molecule has 1 amide bonds. The number of nitrogens with one attached hydrogen (secondary N) is 1. The molecular formula is C18H26N4O. The number of aromatic nitrogens is 1. The molecule has 5 heteroatoms. The maximum Gasteiger partial charge on any atom is 0.240 e. The van der Waals surface area contributed by atoms with Crippen LogP contribution in [0, 0.1) is 5.41 Å². The summed E-state index contributed by atoms with van der Waals surface area (Å²) < 4.78 is 0. The van der Waals surface area contributed by atoms with Crippen LogP contribution < -0.4 is 10.2 Å². The molecule has 1 atom stereocenters. The van der Waals surface area contributed by atoms with Crippen LogP contribution in [0.25, 0.3) is 0 Å². The summed E-state index contributed by atoms with van der Waals surface area (Å²) in [5, 5.41) is 3.42. The van der Waals surface area contributed by atoms with E-state index >= 15 is 0 Å². The molecule has 0 bridgehead atoms. The second-order valence-corrected chi connectivity index (χ2v) is 7.56. The average Bonchev–Trinajstić information content (AvgIpc) is 3.04. The molecule has 1 aromatic rings. The first-order chi connectivity index (χ1) is 11.1. The summed E-state index contributed by atoms with van der Waals surface area (Å²) >= 11 is 0. The molecule has 1 saturated carbocycles. The normalized spacial score (nSPS) is 25.1. The van der Waals surface area contributed by atoms with Gasteiger partial charge >= 0.3 is 0 Å². The van der Waals surface area contributed by atoms with Crippen molar-refractivity contribution in [2.75, 3.05) is 32.1 Å². The highest BCUT2D eigenvalue weighted by Crippen LogP contribution is 2.46. The van der Waals surface area contributed by atoms with Crippen molar-refractivity contribution >= 4 is 11.7 Å². The maximum atomic E-state index is 13.1. The van der Waals surface area contributed by atoms with Gasteiger partial charge in [-0.15, -0.1) is 0 Å². The topological polar surface area (TPSA) is 48.5 Å². The van der Waals surface area contributed by atoms with Gasteiger partial charge in [0.25, 0.3) is 0 Å². The van der Waals surface area contributed by atoms with Crippen LogP contribution in [-0.4, -0.2) is 49.0 Å². The van der Waals surface area contributed by atoms with Crippen LogP contribution in [0.4, 0.5) is 5.82 Å². The zero-order chi connectivity index (χ0) is 16.0. The minimum Gasteiger partial charge on any atom is -0.362 e. The molecule has 1 unspecified atom stereocenters. The van der Waals surface area contributed by atoms with Gasteiger partial charge in [0.15, 0.2) is 0 Å². The smallest absolute Gasteiger partial charge is 0.240 e. The van der Waals surface area contributed by atoms with Crippen LogP contribution in [0.3, 0.4) is 0 Å². The number of fused-ring (bicyclic) bond motifs is 1. The van der Waals surface area contributed by atoms with Crippen molar-refractivity contribution in [1.82, 2.24) is 15.2 Å². The van der Waals surface area contributed by atoms with E-state index in [1.807, 2.05) is 30.1 Å². The molecule has 4 rings (SSSR count). The van der Waals surface area contributed by atoms with Crippen LogP contribution >= 0.6 is 0 Å². The third-order valence-corrected chi connectivity index (χ3v) is 5.98. The fraction of sp³-hybridized carbons (Fsp3) is 0.667. The minimum absolute atomic E-state index is 0.0472. The van der Waals surface area contributed by atoms with E-state index in [0.717, 1.165) is 25.3 Å². The number of anilines is 1. The maximum absolute atomic E-state index is 13.1. The Labute approximate surface area is 138 Å². The van der Waals surface area contributed by atoms with E-state index in [-0.39, 0.29) is 11.5 Å². The summed E-state index contributed by atoms with van der Waals surface area (Å²) in [7, 11) is 4.04. The Kier molecular flexibility index (Phi) is 3.56. The Morgan fingerprint density at radius 2 is 2.17 bits per heavy atom. The number of hydrogen-bond donors (Lipinski definition) is 1. The van der Waals surface area contributed by atoms with Gasteiger partial charge in [-0.25, -0.2) is 4.98 Å². The third-order valence-electron chi connectivity index (χ3n) is 5.98. The molecule has 2 fully saturated rings. The van der Waals surface area contributed by atoms with E-state index in [2.05, 4.69) is 16.4 Å². The van der Waals surface area contributed by atoms with Crippen LogP contribution in [0.15, 0.2) is 12.3 Å². The van der Waals surface area contributed by atoms with E-state index in [4.69, 9.17) is 0 Å². The highest BCUT2D eigenvalue weighted by Gasteiger charge is 2.52. The fourth-order valence-corrected chi connectivity index (χ4v) is 4.59. The van der Waals surface area contributed by atoms with Crippen molar-refractivity contribution in [3.63, 3.8) is 0 Å². The predicted molar refractivity (Wildman–Crippen MR) is 90.4 cm³/mol. The Bertz CT molecular complexity index is 621. The van der Waals surface area contributed by atoms with E-state index in [1.165, 1.54) is 36.8 Å². The number of nitrogens with zero attached hydrogens (tertiary/aromatic N) is 3. The van der Waals surface area contributed by atoms with Gasteiger partial charge in [0.05, 0.1) is 6.04 Å². The summed E-state index contributed by atoms with van der Waals surface area (Å²) in [4.78, 5) is 21.7. The lowest BCUT2D eigenvalue weighted by Crippen LogP contribution is -2.67. The summed E-state index contributed by atoms with van der Waals surface area (Å²) in [6.45, 7) is 2.55. The van der Waals surface area contributed by atoms with Gasteiger partial charge in [-0.05, 0) is 30.9 Å². The van der Waals surface area contributed by atoms with E-state index in [0.29, 0.717) is 12.5 Å². The van der Waals surface area contributed by atoms with Crippen LogP contribution in [-0.2, 0) is 17.8 Å². The highest BCUT2D eigenvalue weighted by atomic mass is 16.2. The molecule has 23 heavy (non-hydrogen) atoms. The van der Waals surface area contributed by atoms with Crippen LogP contribution in [0.5, 0.6) is 0 Å². The van der Waals surface area contributed by atoms with E-state index in [1.54, 1.807) is 0 Å². The molecule has 2 aliphatic heterocycles. The lowest BCUT2D eigenvalue weighted by Gasteiger charge is -2.49. The predicted octanol–water partition coefficient (Wildman–Crippen LogP) is 1.56. The molecule has 1 aromatic heterocycles. The van der Waals surface area contributed by atoms with Crippen molar-refractivity contribution in [2.45, 2.75) is 44.7 Å². The molecule has 1 aliphatic carbocycles. The standard InChI is InChI=1S/C18H26N4O/c1-21(2)16-14-11-22(10-6-13(14)5-9-19-16)17(23)15-18(12-20-15)7-3-4-8-18/h5,9,15,20H,3-4,6-8,10-12H2,1-2H3. The second-order valence-electron chi connectivity index (χ2n) is 7.56. The first kappa shape index (κ1) is 14.9. The molecular weight excluding hydrogens is 288 g/mol. The monoisotopic (exact) mass is 314 g/mol. The Morgan fingerprint density at radius 3 is 2.83 bits per heavy atom. The molecule has 3 heterocycles. The molecule has 0 radical (unpaired) electrons. The lowest BCUT2D eigenvalue weighted by molar-refractivity contribution is -0.142. The van der Waals surface area contributed by atoms with Crippen molar-refractivity contribution in [2.24, 2.45) is 5.41 Å². The molecule has 3 aliphatic rings. The number of amides is 1. The zero-order valence-electron chi connectivity index (χ0n) is 14.1. The van der Waals surface area contributed by atoms with Crippen LogP contribution in [0.1, 0.15) is 36.8 Å². The van der Waals surface area contributed by atoms with Gasteiger partial charge in [0, 0.05) is 50.9 Å². The number of rotatable bonds is 2. The molecule has 1 N–H and O–H groups in total. The molecule has 1 spiro atoms. The minimum atomic E-state index is 0.0472. The molecule has 124 valence electrons. The highest BCUT2D eigenvalue weighted by molar-refractivity contribution is 5.84. The van der Waals surface area contributed by atoms with Crippen molar-refractivity contribution in [3.8, 4) is 0 Å². The van der Waals surface area contributed by atoms with Gasteiger partial charge in [-0.2, -0.15) is 0 Å². The second kappa shape index (κ2) is 5.48. The Morgan fingerprint density at radius 1 is 1.39 bits per heavy atom. The lowest BCUT2D eigenvalue weighted by atomic mass is 9.71. The largest absolute Gasteiger partial charge is 0.362 e. The zero-order valence-corrected chi connectivity index (χ0v) is 14.1. The van der Waals surface area contributed by atoms with Gasteiger partial charge in [-0.1, -0.05) is 12.8 Å². The van der Waals surface area contributed by atoms with E-state index in [9.17, 15) is 4.79 Å². The Balaban J connectivity index is 1.55. The van der Waals surface area contributed by atoms with Gasteiger partial charge in [0.1, 0.15) is 5.82 Å². The SMILES string of the molecule is CN(C)c1nccc2c1CN(C(=O)C1NCC13CCCC3)CC2. The van der Waals surface area contributed by atoms with Crippen LogP contribution in [0.2, 0.25) is 0 Å². The van der Waals surface area contributed by atoms with Gasteiger partial charge < -0.3 is 15.1 Å². The number of carbonyl (C=O) groups excluding carboxylic acids is 1. The van der Waals surface area contributed by atoms with Crippen molar-refractivity contribution < 1.29 is 4.79 Å². The van der Waals surface area contributed by atoms with Gasteiger partial charge in [-0.3, -0.25) is 4.79 Å². The fourth-order valence-electron chi connectivity index (χ4n) is 4.59. The summed E-state index contributed by atoms with van der Waals surface area (Å²) in [5.41, 5.74) is 2.82. The van der Waals surface area contributed by atoms with Gasteiger partial charge in [0.2, 0.25) is 5.91 Å². The first-order valence-electron chi connectivity index (χ1n) is 8.77. The van der Waals surface area contributed by atoms with Crippen molar-refractivity contribution in [3.05, 3.63) is 23.4 Å². The summed E-state index contributed by atoms with van der Waals surface area (Å²) in [5.74, 6) is 1.30. The third kappa shape index (κ3) is 2.33. The van der Waals surface area contributed by atoms with E-state index < -0.39 is 0 Å². The Hall–Kier alpha value is -1.62. The van der Waals surface area contributed by atoms with Crippen molar-refractivity contribution in [1.29, 1.82) is 0 Å². The molecule has 0 aromatic carbocycles. The molecule has 1 saturated heterocycles. The summed E-state index contributed by atoms with van der Waals surface area (Å²) in [6, 6.07) is 2.15. The quantitative estimate of drug-likeness (QED) is 0.900. The summed E-state index contributed by atoms with van der Waals surface area (Å²) in [6.07, 6.45) is 7.81. The number of hydrogen-bond acceptors (Lipinski definition) is 4. The number of carbonyl (C=O) groups is 1.